The largest absolute Gasteiger partial charge is 0.390 e. The van der Waals surface area contributed by atoms with E-state index in [1.54, 1.807) is 6.92 Å². The van der Waals surface area contributed by atoms with Gasteiger partial charge >= 0.3 is 5.69 Å². The van der Waals surface area contributed by atoms with Crippen LogP contribution in [-0.4, -0.2) is 51.3 Å². The molecule has 3 rings (SSSR count). The Labute approximate surface area is 142 Å². The Morgan fingerprint density at radius 1 is 1.44 bits per heavy atom. The summed E-state index contributed by atoms with van der Waals surface area (Å²) >= 11 is 0. The van der Waals surface area contributed by atoms with E-state index in [4.69, 9.17) is 4.74 Å². The summed E-state index contributed by atoms with van der Waals surface area (Å²) in [5.74, 6) is -0.493. The second kappa shape index (κ2) is 6.81. The normalized spacial score (nSPS) is 28.8. The molecule has 0 saturated carbocycles. The van der Waals surface area contributed by atoms with Crippen molar-refractivity contribution in [2.45, 2.75) is 50.7 Å². The molecule has 10 heteroatoms. The fourth-order valence-electron chi connectivity index (χ4n) is 3.00. The number of aromatic nitrogens is 2. The molecule has 0 aromatic carbocycles. The predicted octanol–water partition coefficient (Wildman–Crippen LogP) is -2.11. The highest BCUT2D eigenvalue weighted by Gasteiger charge is 2.36. The monoisotopic (exact) mass is 352 g/mol. The maximum atomic E-state index is 12.0. The Morgan fingerprint density at radius 2 is 2.20 bits per heavy atom. The van der Waals surface area contributed by atoms with Gasteiger partial charge in [-0.2, -0.15) is 0 Å². The van der Waals surface area contributed by atoms with Gasteiger partial charge in [-0.05, 0) is 13.3 Å². The van der Waals surface area contributed by atoms with Crippen LogP contribution in [0.3, 0.4) is 0 Å². The second-order valence-electron chi connectivity index (χ2n) is 6.31. The lowest BCUT2D eigenvalue weighted by Crippen LogP contribution is -2.45. The van der Waals surface area contributed by atoms with Crippen LogP contribution in [0.2, 0.25) is 0 Å². The molecule has 4 atom stereocenters. The molecule has 2 aliphatic rings. The van der Waals surface area contributed by atoms with Crippen LogP contribution >= 0.6 is 0 Å². The van der Waals surface area contributed by atoms with Gasteiger partial charge in [-0.1, -0.05) is 0 Å². The molecule has 4 N–H and O–H groups in total. The van der Waals surface area contributed by atoms with Gasteiger partial charge in [0.2, 0.25) is 11.8 Å². The molecule has 2 amide bonds. The lowest BCUT2D eigenvalue weighted by atomic mass is 10.1. The Morgan fingerprint density at radius 3 is 2.88 bits per heavy atom. The van der Waals surface area contributed by atoms with Crippen LogP contribution in [0.15, 0.2) is 15.8 Å². The average molecular weight is 352 g/mol. The van der Waals surface area contributed by atoms with Crippen molar-refractivity contribution in [1.82, 2.24) is 20.2 Å². The predicted molar refractivity (Wildman–Crippen MR) is 84.8 cm³/mol. The van der Waals surface area contributed by atoms with Crippen LogP contribution in [0.25, 0.3) is 0 Å². The third kappa shape index (κ3) is 3.64. The highest BCUT2D eigenvalue weighted by Crippen LogP contribution is 2.27. The van der Waals surface area contributed by atoms with Gasteiger partial charge in [-0.15, -0.1) is 0 Å². The van der Waals surface area contributed by atoms with Crippen molar-refractivity contribution in [3.63, 3.8) is 0 Å². The van der Waals surface area contributed by atoms with Gasteiger partial charge in [0.1, 0.15) is 18.4 Å². The van der Waals surface area contributed by atoms with E-state index in [1.165, 1.54) is 10.8 Å². The smallest absolute Gasteiger partial charge is 0.330 e. The van der Waals surface area contributed by atoms with Crippen LogP contribution in [-0.2, 0) is 14.3 Å². The second-order valence-corrected chi connectivity index (χ2v) is 6.31. The molecule has 10 nitrogen and oxygen atoms in total. The van der Waals surface area contributed by atoms with Crippen molar-refractivity contribution >= 4 is 11.8 Å². The first-order valence-electron chi connectivity index (χ1n) is 8.08. The van der Waals surface area contributed by atoms with E-state index in [-0.39, 0.29) is 24.8 Å². The quantitative estimate of drug-likeness (QED) is 0.488. The Balaban J connectivity index is 1.61. The molecular weight excluding hydrogens is 332 g/mol. The Bertz CT molecular complexity index is 800. The van der Waals surface area contributed by atoms with Crippen molar-refractivity contribution in [1.29, 1.82) is 0 Å². The number of H-pyrrole nitrogens is 1. The van der Waals surface area contributed by atoms with Gasteiger partial charge in [0.05, 0.1) is 6.10 Å². The SMILES string of the molecule is Cc1cn([C@H]2C[C@H](O)[C@@H](CNC(=O)[C@H]3CCC(=O)N3)O2)c(=O)[nH]c1=O. The number of aliphatic hydroxyl groups is 1. The first kappa shape index (κ1) is 17.4. The summed E-state index contributed by atoms with van der Waals surface area (Å²) in [4.78, 5) is 48.6. The van der Waals surface area contributed by atoms with Gasteiger partial charge in [-0.25, -0.2) is 4.79 Å². The average Bonchev–Trinajstić information content (AvgIpc) is 3.14. The number of ether oxygens (including phenoxy) is 1. The highest BCUT2D eigenvalue weighted by atomic mass is 16.5. The first-order chi connectivity index (χ1) is 11.8. The van der Waals surface area contributed by atoms with Crippen LogP contribution in [0.4, 0.5) is 0 Å². The number of carbonyl (C=O) groups excluding carboxylic acids is 2. The summed E-state index contributed by atoms with van der Waals surface area (Å²) < 4.78 is 6.88. The van der Waals surface area contributed by atoms with Gasteiger partial charge in [0.15, 0.2) is 0 Å². The summed E-state index contributed by atoms with van der Waals surface area (Å²) in [5.41, 5.74) is -0.736. The van der Waals surface area contributed by atoms with E-state index in [9.17, 15) is 24.3 Å². The Kier molecular flexibility index (Phi) is 4.73. The van der Waals surface area contributed by atoms with Crippen molar-refractivity contribution in [3.05, 3.63) is 32.6 Å². The summed E-state index contributed by atoms with van der Waals surface area (Å²) in [5, 5.41) is 15.3. The third-order valence-electron chi connectivity index (χ3n) is 4.45. The molecule has 1 aromatic heterocycles. The zero-order chi connectivity index (χ0) is 18.1. The van der Waals surface area contributed by atoms with E-state index in [2.05, 4.69) is 15.6 Å². The number of hydrogen-bond donors (Lipinski definition) is 4. The van der Waals surface area contributed by atoms with Gasteiger partial charge < -0.3 is 20.5 Å². The number of hydrogen-bond acceptors (Lipinski definition) is 6. The van der Waals surface area contributed by atoms with E-state index in [1.807, 2.05) is 0 Å². The van der Waals surface area contributed by atoms with E-state index < -0.39 is 35.7 Å². The summed E-state index contributed by atoms with van der Waals surface area (Å²) in [6, 6.07) is -0.564. The van der Waals surface area contributed by atoms with E-state index in [0.717, 1.165) is 0 Å². The summed E-state index contributed by atoms with van der Waals surface area (Å²) in [7, 11) is 0. The molecule has 25 heavy (non-hydrogen) atoms. The molecule has 0 radical (unpaired) electrons. The fraction of sp³-hybridized carbons (Fsp3) is 0.600. The molecular formula is C15H20N4O6. The third-order valence-corrected chi connectivity index (χ3v) is 4.45. The van der Waals surface area contributed by atoms with Gasteiger partial charge in [0, 0.05) is 31.1 Å². The van der Waals surface area contributed by atoms with Crippen LogP contribution < -0.4 is 21.9 Å². The van der Waals surface area contributed by atoms with Crippen molar-refractivity contribution in [2.24, 2.45) is 0 Å². The highest BCUT2D eigenvalue weighted by molar-refractivity contribution is 5.90. The number of aliphatic hydroxyl groups excluding tert-OH is 1. The molecule has 1 aromatic rings. The fourth-order valence-corrected chi connectivity index (χ4v) is 3.00. The minimum Gasteiger partial charge on any atom is -0.390 e. The maximum absolute atomic E-state index is 12.0. The van der Waals surface area contributed by atoms with Crippen LogP contribution in [0.1, 0.15) is 31.1 Å². The number of amides is 2. The number of nitrogens with zero attached hydrogens (tertiary/aromatic N) is 1. The number of aromatic amines is 1. The molecule has 2 aliphatic heterocycles. The van der Waals surface area contributed by atoms with E-state index >= 15 is 0 Å². The van der Waals surface area contributed by atoms with Crippen molar-refractivity contribution in [2.75, 3.05) is 6.54 Å². The number of nitrogens with one attached hydrogen (secondary N) is 3. The topological polar surface area (TPSA) is 143 Å². The van der Waals surface area contributed by atoms with Crippen molar-refractivity contribution < 1.29 is 19.4 Å². The molecule has 0 unspecified atom stereocenters. The molecule has 0 bridgehead atoms. The zero-order valence-electron chi connectivity index (χ0n) is 13.7. The Hall–Kier alpha value is -2.46. The van der Waals surface area contributed by atoms with Gasteiger partial charge in [0.25, 0.3) is 5.56 Å². The molecule has 0 spiro atoms. The maximum Gasteiger partial charge on any atom is 0.330 e. The summed E-state index contributed by atoms with van der Waals surface area (Å²) in [6.07, 6.45) is 0.00325. The molecule has 136 valence electrons. The zero-order valence-corrected chi connectivity index (χ0v) is 13.7. The lowest BCUT2D eigenvalue weighted by molar-refractivity contribution is -0.126. The minimum atomic E-state index is -0.873. The molecule has 2 fully saturated rings. The van der Waals surface area contributed by atoms with Crippen LogP contribution in [0.5, 0.6) is 0 Å². The molecule has 2 saturated heterocycles. The number of carbonyl (C=O) groups is 2. The minimum absolute atomic E-state index is 0.0555. The summed E-state index contributed by atoms with van der Waals surface area (Å²) in [6.45, 7) is 1.62. The number of rotatable bonds is 4. The molecule has 3 heterocycles. The molecule has 0 aliphatic carbocycles. The van der Waals surface area contributed by atoms with Crippen LogP contribution in [0, 0.1) is 6.92 Å². The number of aryl methyl sites for hydroxylation is 1. The van der Waals surface area contributed by atoms with Crippen molar-refractivity contribution in [3.8, 4) is 0 Å². The first-order valence-corrected chi connectivity index (χ1v) is 8.08. The van der Waals surface area contributed by atoms with Gasteiger partial charge in [-0.3, -0.25) is 23.9 Å². The standard InChI is InChI=1S/C15H20N4O6/c1-7-6-19(15(24)18-13(7)22)12-4-9(20)10(25-12)5-16-14(23)8-2-3-11(21)17-8/h6,8-10,12,20H,2-5H2,1H3,(H,16,23)(H,17,21)(H,18,22,24)/t8-,9+,10-,12-/m1/s1. The lowest BCUT2D eigenvalue weighted by Gasteiger charge is -2.18. The van der Waals surface area contributed by atoms with E-state index in [0.29, 0.717) is 18.4 Å².